The molecule has 0 saturated carbocycles. The van der Waals surface area contributed by atoms with Crippen LogP contribution in [0.2, 0.25) is 5.02 Å². The first-order valence-corrected chi connectivity index (χ1v) is 7.06. The number of nitrogens with one attached hydrogen (secondary N) is 1. The molecular formula is C16H18ClN3O. The molecule has 0 aliphatic carbocycles. The van der Waals surface area contributed by atoms with Gasteiger partial charge in [-0.1, -0.05) is 41.9 Å². The summed E-state index contributed by atoms with van der Waals surface area (Å²) in [6.45, 7) is 0.508. The van der Waals surface area contributed by atoms with E-state index in [1.54, 1.807) is 12.3 Å². The molecule has 2 rings (SSSR count). The van der Waals surface area contributed by atoms with Crippen LogP contribution in [-0.2, 0) is 0 Å². The Morgan fingerprint density at radius 3 is 2.62 bits per heavy atom. The fourth-order valence-electron chi connectivity index (χ4n) is 2.12. The lowest BCUT2D eigenvalue weighted by atomic mass is 10.1. The van der Waals surface area contributed by atoms with E-state index < -0.39 is 0 Å². The van der Waals surface area contributed by atoms with E-state index in [1.807, 2.05) is 32.3 Å². The van der Waals surface area contributed by atoms with Crippen LogP contribution in [0.5, 0.6) is 0 Å². The molecule has 0 bridgehead atoms. The minimum atomic E-state index is -0.190. The summed E-state index contributed by atoms with van der Waals surface area (Å²) in [6.07, 6.45) is 3.03. The molecule has 4 nitrogen and oxygen atoms in total. The second-order valence-electron chi connectivity index (χ2n) is 4.96. The summed E-state index contributed by atoms with van der Waals surface area (Å²) < 4.78 is 0. The van der Waals surface area contributed by atoms with Gasteiger partial charge in [-0.2, -0.15) is 0 Å². The highest BCUT2D eigenvalue weighted by Gasteiger charge is 2.16. The zero-order valence-electron chi connectivity index (χ0n) is 12.1. The molecule has 5 heteroatoms. The standard InChI is InChI=1S/C16H18ClN3O/c1-20(2)15(12-6-4-3-5-7-12)11-19-16(21)13-8-9-18-10-14(13)17/h3-10,15H,11H2,1-2H3,(H,19,21). The highest BCUT2D eigenvalue weighted by atomic mass is 35.5. The molecule has 0 spiro atoms. The molecule has 1 aromatic carbocycles. The van der Waals surface area contributed by atoms with Crippen molar-refractivity contribution in [1.82, 2.24) is 15.2 Å². The van der Waals surface area contributed by atoms with Crippen LogP contribution in [0.15, 0.2) is 48.8 Å². The van der Waals surface area contributed by atoms with E-state index in [2.05, 4.69) is 27.3 Å². The van der Waals surface area contributed by atoms with E-state index in [0.717, 1.165) is 5.56 Å². The quantitative estimate of drug-likeness (QED) is 0.924. The number of rotatable bonds is 5. The Morgan fingerprint density at radius 2 is 2.00 bits per heavy atom. The van der Waals surface area contributed by atoms with E-state index in [9.17, 15) is 4.79 Å². The molecule has 1 N–H and O–H groups in total. The van der Waals surface area contributed by atoms with Gasteiger partial charge in [0.05, 0.1) is 16.6 Å². The molecule has 2 aromatic rings. The van der Waals surface area contributed by atoms with Crippen LogP contribution in [0.1, 0.15) is 22.0 Å². The normalized spacial score (nSPS) is 12.2. The largest absolute Gasteiger partial charge is 0.350 e. The zero-order chi connectivity index (χ0) is 15.2. The zero-order valence-corrected chi connectivity index (χ0v) is 12.8. The molecule has 0 aliphatic heterocycles. The summed E-state index contributed by atoms with van der Waals surface area (Å²) >= 11 is 5.98. The molecule has 110 valence electrons. The molecule has 0 radical (unpaired) electrons. The van der Waals surface area contributed by atoms with Crippen molar-refractivity contribution in [2.75, 3.05) is 20.6 Å². The molecule has 1 atom stereocenters. The predicted molar refractivity (Wildman–Crippen MR) is 84.5 cm³/mol. The van der Waals surface area contributed by atoms with Gasteiger partial charge in [-0.05, 0) is 25.7 Å². The Hall–Kier alpha value is -1.91. The lowest BCUT2D eigenvalue weighted by Gasteiger charge is -2.25. The number of halogens is 1. The van der Waals surface area contributed by atoms with Gasteiger partial charge in [-0.25, -0.2) is 0 Å². The van der Waals surface area contributed by atoms with Crippen molar-refractivity contribution in [3.05, 3.63) is 64.9 Å². The van der Waals surface area contributed by atoms with Crippen molar-refractivity contribution >= 4 is 17.5 Å². The number of nitrogens with zero attached hydrogens (tertiary/aromatic N) is 2. The SMILES string of the molecule is CN(C)C(CNC(=O)c1ccncc1Cl)c1ccccc1. The number of aromatic nitrogens is 1. The van der Waals surface area contributed by atoms with Crippen molar-refractivity contribution < 1.29 is 4.79 Å². The van der Waals surface area contributed by atoms with Gasteiger partial charge in [0.15, 0.2) is 0 Å². The number of likely N-dealkylation sites (N-methyl/N-ethyl adjacent to an activating group) is 1. The monoisotopic (exact) mass is 303 g/mol. The minimum Gasteiger partial charge on any atom is -0.350 e. The highest BCUT2D eigenvalue weighted by molar-refractivity contribution is 6.33. The van der Waals surface area contributed by atoms with Crippen LogP contribution in [-0.4, -0.2) is 36.4 Å². The first kappa shape index (κ1) is 15.5. The number of hydrogen-bond donors (Lipinski definition) is 1. The lowest BCUT2D eigenvalue weighted by molar-refractivity contribution is 0.0942. The van der Waals surface area contributed by atoms with Crippen LogP contribution >= 0.6 is 11.6 Å². The first-order valence-electron chi connectivity index (χ1n) is 6.68. The maximum absolute atomic E-state index is 12.2. The van der Waals surface area contributed by atoms with E-state index in [-0.39, 0.29) is 11.9 Å². The molecule has 1 amide bonds. The van der Waals surface area contributed by atoms with Crippen molar-refractivity contribution in [1.29, 1.82) is 0 Å². The third-order valence-corrected chi connectivity index (χ3v) is 3.58. The minimum absolute atomic E-state index is 0.107. The lowest BCUT2D eigenvalue weighted by Crippen LogP contribution is -2.34. The Labute approximate surface area is 129 Å². The first-order chi connectivity index (χ1) is 10.1. The van der Waals surface area contributed by atoms with Crippen molar-refractivity contribution in [3.63, 3.8) is 0 Å². The average molecular weight is 304 g/mol. The molecule has 0 fully saturated rings. The van der Waals surface area contributed by atoms with Crippen molar-refractivity contribution in [3.8, 4) is 0 Å². The molecule has 1 unspecified atom stereocenters. The molecule has 1 heterocycles. The second-order valence-corrected chi connectivity index (χ2v) is 5.36. The third-order valence-electron chi connectivity index (χ3n) is 3.28. The summed E-state index contributed by atoms with van der Waals surface area (Å²) in [5, 5.41) is 3.28. The maximum Gasteiger partial charge on any atom is 0.252 e. The third kappa shape index (κ3) is 4.03. The summed E-state index contributed by atoms with van der Waals surface area (Å²) in [6, 6.07) is 11.8. The van der Waals surface area contributed by atoms with Crippen LogP contribution in [0.4, 0.5) is 0 Å². The summed E-state index contributed by atoms with van der Waals surface area (Å²) in [5.41, 5.74) is 1.60. The molecule has 21 heavy (non-hydrogen) atoms. The van der Waals surface area contributed by atoms with Gasteiger partial charge in [0.25, 0.3) is 5.91 Å². The van der Waals surface area contributed by atoms with E-state index in [4.69, 9.17) is 11.6 Å². The van der Waals surface area contributed by atoms with Gasteiger partial charge >= 0.3 is 0 Å². The number of amides is 1. The van der Waals surface area contributed by atoms with E-state index >= 15 is 0 Å². The van der Waals surface area contributed by atoms with Gasteiger partial charge in [0, 0.05) is 18.9 Å². The highest BCUT2D eigenvalue weighted by Crippen LogP contribution is 2.18. The Morgan fingerprint density at radius 1 is 1.29 bits per heavy atom. The summed E-state index contributed by atoms with van der Waals surface area (Å²) in [7, 11) is 3.98. The average Bonchev–Trinajstić information content (AvgIpc) is 2.48. The van der Waals surface area contributed by atoms with Gasteiger partial charge < -0.3 is 10.2 Å². The van der Waals surface area contributed by atoms with E-state index in [0.29, 0.717) is 17.1 Å². The van der Waals surface area contributed by atoms with E-state index in [1.165, 1.54) is 6.20 Å². The topological polar surface area (TPSA) is 45.2 Å². The van der Waals surface area contributed by atoms with Crippen molar-refractivity contribution in [2.24, 2.45) is 0 Å². The Balaban J connectivity index is 2.06. The molecule has 0 aliphatic rings. The van der Waals surface area contributed by atoms with Crippen LogP contribution in [0, 0.1) is 0 Å². The predicted octanol–water partition coefficient (Wildman–Crippen LogP) is 2.77. The van der Waals surface area contributed by atoms with Crippen LogP contribution in [0.3, 0.4) is 0 Å². The van der Waals surface area contributed by atoms with Crippen LogP contribution in [0.25, 0.3) is 0 Å². The van der Waals surface area contributed by atoms with Crippen molar-refractivity contribution in [2.45, 2.75) is 6.04 Å². The molecular weight excluding hydrogens is 286 g/mol. The number of hydrogen-bond acceptors (Lipinski definition) is 3. The summed E-state index contributed by atoms with van der Waals surface area (Å²) in [4.78, 5) is 18.1. The second kappa shape index (κ2) is 7.20. The number of carbonyl (C=O) groups is 1. The Bertz CT molecular complexity index is 601. The van der Waals surface area contributed by atoms with Gasteiger partial charge in [-0.3, -0.25) is 9.78 Å². The number of benzene rings is 1. The number of carbonyl (C=O) groups excluding carboxylic acids is 1. The van der Waals surface area contributed by atoms with Gasteiger partial charge in [0.2, 0.25) is 0 Å². The molecule has 1 aromatic heterocycles. The smallest absolute Gasteiger partial charge is 0.252 e. The van der Waals surface area contributed by atoms with Gasteiger partial charge in [0.1, 0.15) is 0 Å². The number of pyridine rings is 1. The van der Waals surface area contributed by atoms with Gasteiger partial charge in [-0.15, -0.1) is 0 Å². The van der Waals surface area contributed by atoms with Crippen LogP contribution < -0.4 is 5.32 Å². The summed E-state index contributed by atoms with van der Waals surface area (Å²) in [5.74, 6) is -0.190. The Kier molecular flexibility index (Phi) is 5.31. The fraction of sp³-hybridized carbons (Fsp3) is 0.250. The molecule has 0 saturated heterocycles. The maximum atomic E-state index is 12.2. The fourth-order valence-corrected chi connectivity index (χ4v) is 2.32.